The van der Waals surface area contributed by atoms with Crippen molar-refractivity contribution in [2.75, 3.05) is 0 Å². The number of alkyl halides is 3. The quantitative estimate of drug-likeness (QED) is 0.403. The number of aromatic nitrogens is 1. The van der Waals surface area contributed by atoms with Crippen LogP contribution in [0.2, 0.25) is 0 Å². The lowest BCUT2D eigenvalue weighted by Crippen LogP contribution is -2.36. The summed E-state index contributed by atoms with van der Waals surface area (Å²) in [5.41, 5.74) is 2.39. The van der Waals surface area contributed by atoms with Gasteiger partial charge in [-0.3, -0.25) is 4.90 Å². The predicted octanol–water partition coefficient (Wildman–Crippen LogP) is 6.60. The molecule has 0 saturated carbocycles. The fraction of sp³-hybridized carbons (Fsp3) is 0.360. The predicted molar refractivity (Wildman–Crippen MR) is 115 cm³/mol. The minimum absolute atomic E-state index is 0.363. The van der Waals surface area contributed by atoms with Crippen molar-refractivity contribution in [3.8, 4) is 0 Å². The van der Waals surface area contributed by atoms with Crippen LogP contribution in [0.5, 0.6) is 0 Å². The molecule has 0 radical (unpaired) electrons. The van der Waals surface area contributed by atoms with Gasteiger partial charge in [-0.2, -0.15) is 13.2 Å². The summed E-state index contributed by atoms with van der Waals surface area (Å²) in [6, 6.07) is 20.3. The van der Waals surface area contributed by atoms with E-state index in [2.05, 4.69) is 43.9 Å². The normalized spacial score (nSPS) is 13.2. The molecule has 1 atom stereocenters. The van der Waals surface area contributed by atoms with E-state index in [1.54, 1.807) is 6.07 Å². The average molecular weight is 415 g/mol. The second-order valence-electron chi connectivity index (χ2n) is 8.20. The van der Waals surface area contributed by atoms with Gasteiger partial charge in [-0.1, -0.05) is 56.3 Å². The smallest absolute Gasteiger partial charge is 0.346 e. The van der Waals surface area contributed by atoms with Crippen LogP contribution in [0, 0.1) is 5.92 Å². The zero-order valence-corrected chi connectivity index (χ0v) is 17.7. The van der Waals surface area contributed by atoms with Gasteiger partial charge in [0.2, 0.25) is 0 Å². The monoisotopic (exact) mass is 414 g/mol. The van der Waals surface area contributed by atoms with Crippen LogP contribution >= 0.6 is 0 Å². The zero-order valence-electron chi connectivity index (χ0n) is 17.7. The van der Waals surface area contributed by atoms with Crippen LogP contribution in [-0.4, -0.2) is 15.5 Å². The third-order valence-electron chi connectivity index (χ3n) is 5.67. The standard InChI is InChI=1S/C25H29F3N2/c1-19(2)20(3)30(16-21-9-5-4-6-10-21)18-24-13-8-14-29(24)17-22-11-7-12-23(15-22)25(26,27)28/h4-15,19-20H,16-18H2,1-3H3. The third-order valence-corrected chi connectivity index (χ3v) is 5.67. The number of benzene rings is 2. The number of hydrogen-bond acceptors (Lipinski definition) is 1. The molecule has 2 nitrogen and oxygen atoms in total. The van der Waals surface area contributed by atoms with Crippen molar-refractivity contribution in [3.63, 3.8) is 0 Å². The minimum atomic E-state index is -4.32. The van der Waals surface area contributed by atoms with Crippen LogP contribution in [0.4, 0.5) is 13.2 Å². The van der Waals surface area contributed by atoms with Crippen LogP contribution in [0.25, 0.3) is 0 Å². The molecule has 1 aromatic heterocycles. The summed E-state index contributed by atoms with van der Waals surface area (Å²) in [5, 5.41) is 0. The van der Waals surface area contributed by atoms with Crippen LogP contribution < -0.4 is 0 Å². The molecule has 3 rings (SSSR count). The highest BCUT2D eigenvalue weighted by Crippen LogP contribution is 2.30. The number of halogens is 3. The van der Waals surface area contributed by atoms with Gasteiger partial charge in [-0.05, 0) is 48.2 Å². The molecule has 0 aliphatic carbocycles. The Morgan fingerprint density at radius 3 is 2.20 bits per heavy atom. The summed E-state index contributed by atoms with van der Waals surface area (Å²) in [7, 11) is 0. The SMILES string of the molecule is CC(C)C(C)N(Cc1ccccc1)Cc1cccn1Cc1cccc(C(F)(F)F)c1. The molecule has 0 spiro atoms. The van der Waals surface area contributed by atoms with Gasteiger partial charge in [0.1, 0.15) is 0 Å². The molecule has 5 heteroatoms. The van der Waals surface area contributed by atoms with Crippen molar-refractivity contribution in [3.05, 3.63) is 95.3 Å². The molecule has 0 bridgehead atoms. The second-order valence-corrected chi connectivity index (χ2v) is 8.20. The Hall–Kier alpha value is -2.53. The average Bonchev–Trinajstić information content (AvgIpc) is 3.13. The zero-order chi connectivity index (χ0) is 21.7. The van der Waals surface area contributed by atoms with Crippen LogP contribution in [-0.2, 0) is 25.8 Å². The van der Waals surface area contributed by atoms with E-state index in [1.165, 1.54) is 17.7 Å². The Bertz CT molecular complexity index is 929. The Kier molecular flexibility index (Phi) is 7.03. The number of nitrogens with zero attached hydrogens (tertiary/aromatic N) is 2. The van der Waals surface area contributed by atoms with Gasteiger partial charge in [-0.15, -0.1) is 0 Å². The van der Waals surface area contributed by atoms with E-state index in [9.17, 15) is 13.2 Å². The molecule has 160 valence electrons. The van der Waals surface area contributed by atoms with Gasteiger partial charge < -0.3 is 4.57 Å². The first-order valence-corrected chi connectivity index (χ1v) is 10.3. The Morgan fingerprint density at radius 2 is 1.53 bits per heavy atom. The fourth-order valence-corrected chi connectivity index (χ4v) is 3.58. The number of hydrogen-bond donors (Lipinski definition) is 0. The summed E-state index contributed by atoms with van der Waals surface area (Å²) >= 11 is 0. The molecule has 0 aliphatic heterocycles. The lowest BCUT2D eigenvalue weighted by Gasteiger charge is -2.32. The van der Waals surface area contributed by atoms with Crippen molar-refractivity contribution in [1.82, 2.24) is 9.47 Å². The van der Waals surface area contributed by atoms with Gasteiger partial charge >= 0.3 is 6.18 Å². The second kappa shape index (κ2) is 9.52. The van der Waals surface area contributed by atoms with E-state index in [0.29, 0.717) is 24.1 Å². The minimum Gasteiger partial charge on any atom is -0.346 e. The third kappa shape index (κ3) is 5.76. The maximum absolute atomic E-state index is 13.1. The van der Waals surface area contributed by atoms with E-state index in [4.69, 9.17) is 0 Å². The Labute approximate surface area is 177 Å². The summed E-state index contributed by atoms with van der Waals surface area (Å²) in [6.07, 6.45) is -2.38. The highest BCUT2D eigenvalue weighted by molar-refractivity contribution is 5.26. The van der Waals surface area contributed by atoms with Crippen LogP contribution in [0.15, 0.2) is 72.9 Å². The fourth-order valence-electron chi connectivity index (χ4n) is 3.58. The first kappa shape index (κ1) is 22.2. The molecule has 0 amide bonds. The molecule has 0 saturated heterocycles. The van der Waals surface area contributed by atoms with Gasteiger partial charge in [-0.25, -0.2) is 0 Å². The van der Waals surface area contributed by atoms with Crippen molar-refractivity contribution >= 4 is 0 Å². The van der Waals surface area contributed by atoms with Crippen molar-refractivity contribution in [2.45, 2.75) is 52.6 Å². The Morgan fingerprint density at radius 1 is 0.833 bits per heavy atom. The molecule has 1 heterocycles. The lowest BCUT2D eigenvalue weighted by molar-refractivity contribution is -0.137. The first-order chi connectivity index (χ1) is 14.2. The summed E-state index contributed by atoms with van der Waals surface area (Å²) in [4.78, 5) is 2.43. The Balaban J connectivity index is 1.80. The molecular formula is C25H29F3N2. The lowest BCUT2D eigenvalue weighted by atomic mass is 10.0. The summed E-state index contributed by atoms with van der Waals surface area (Å²) in [6.45, 7) is 8.64. The molecule has 0 aliphatic rings. The highest BCUT2D eigenvalue weighted by atomic mass is 19.4. The molecule has 30 heavy (non-hydrogen) atoms. The first-order valence-electron chi connectivity index (χ1n) is 10.3. The number of rotatable bonds is 8. The van der Waals surface area contributed by atoms with Gasteiger partial charge in [0.05, 0.1) is 5.56 Å². The van der Waals surface area contributed by atoms with E-state index in [-0.39, 0.29) is 0 Å². The van der Waals surface area contributed by atoms with E-state index in [0.717, 1.165) is 24.8 Å². The van der Waals surface area contributed by atoms with Gasteiger partial charge in [0, 0.05) is 37.6 Å². The summed E-state index contributed by atoms with van der Waals surface area (Å²) in [5.74, 6) is 0.487. The molecule has 1 unspecified atom stereocenters. The molecule has 0 N–H and O–H groups in total. The summed E-state index contributed by atoms with van der Waals surface area (Å²) < 4.78 is 41.2. The maximum Gasteiger partial charge on any atom is 0.416 e. The topological polar surface area (TPSA) is 8.17 Å². The van der Waals surface area contributed by atoms with Crippen molar-refractivity contribution in [2.24, 2.45) is 5.92 Å². The van der Waals surface area contributed by atoms with Crippen molar-refractivity contribution < 1.29 is 13.2 Å². The molecule has 0 fully saturated rings. The van der Waals surface area contributed by atoms with E-state index < -0.39 is 11.7 Å². The maximum atomic E-state index is 13.1. The highest BCUT2D eigenvalue weighted by Gasteiger charge is 2.30. The van der Waals surface area contributed by atoms with Crippen LogP contribution in [0.1, 0.15) is 43.2 Å². The molecular weight excluding hydrogens is 385 g/mol. The molecule has 2 aromatic carbocycles. The van der Waals surface area contributed by atoms with Gasteiger partial charge in [0.25, 0.3) is 0 Å². The van der Waals surface area contributed by atoms with Crippen LogP contribution in [0.3, 0.4) is 0 Å². The molecule has 3 aromatic rings. The van der Waals surface area contributed by atoms with Crippen molar-refractivity contribution in [1.29, 1.82) is 0 Å². The van der Waals surface area contributed by atoms with E-state index >= 15 is 0 Å². The van der Waals surface area contributed by atoms with Gasteiger partial charge in [0.15, 0.2) is 0 Å². The largest absolute Gasteiger partial charge is 0.416 e. The van der Waals surface area contributed by atoms with E-state index in [1.807, 2.05) is 35.0 Å².